The summed E-state index contributed by atoms with van der Waals surface area (Å²) in [6.07, 6.45) is 6.37. The summed E-state index contributed by atoms with van der Waals surface area (Å²) in [5.74, 6) is 1.15. The summed E-state index contributed by atoms with van der Waals surface area (Å²) in [7, 11) is 0. The van der Waals surface area contributed by atoms with Gasteiger partial charge in [0, 0.05) is 25.4 Å². The number of likely N-dealkylation sites (tertiary alicyclic amines) is 1. The summed E-state index contributed by atoms with van der Waals surface area (Å²) < 4.78 is 11.1. The highest BCUT2D eigenvalue weighted by atomic mass is 35.5. The van der Waals surface area contributed by atoms with Gasteiger partial charge in [0.2, 0.25) is 11.8 Å². The van der Waals surface area contributed by atoms with Crippen LogP contribution in [0.25, 0.3) is 6.08 Å². The lowest BCUT2D eigenvalue weighted by Crippen LogP contribution is -2.43. The fraction of sp³-hybridized carbons (Fsp3) is 0.348. The second-order valence-corrected chi connectivity index (χ2v) is 8.05. The molecule has 0 aliphatic carbocycles. The number of carbonyl (C=O) groups is 2. The van der Waals surface area contributed by atoms with E-state index in [-0.39, 0.29) is 17.7 Å². The number of rotatable bonds is 4. The molecule has 1 N–H and O–H groups in total. The van der Waals surface area contributed by atoms with Crippen LogP contribution in [0.3, 0.4) is 0 Å². The number of carbonyl (C=O) groups excluding carboxylic acids is 2. The Hall–Kier alpha value is -3.06. The van der Waals surface area contributed by atoms with Crippen molar-refractivity contribution in [2.45, 2.75) is 19.8 Å². The van der Waals surface area contributed by atoms with Gasteiger partial charge in [0.1, 0.15) is 19.0 Å². The molecule has 2 aliphatic rings. The van der Waals surface area contributed by atoms with E-state index >= 15 is 0 Å². The van der Waals surface area contributed by atoms with Crippen LogP contribution in [0.1, 0.15) is 24.0 Å². The number of halogens is 1. The van der Waals surface area contributed by atoms with E-state index in [4.69, 9.17) is 21.1 Å². The molecular formula is C23H24ClN3O4. The smallest absolute Gasteiger partial charge is 0.246 e. The van der Waals surface area contributed by atoms with Gasteiger partial charge in [0.15, 0.2) is 11.5 Å². The molecule has 8 heteroatoms. The summed E-state index contributed by atoms with van der Waals surface area (Å²) in [5, 5.41) is 3.33. The first-order valence-electron chi connectivity index (χ1n) is 10.3. The Morgan fingerprint density at radius 1 is 1.29 bits per heavy atom. The summed E-state index contributed by atoms with van der Waals surface area (Å²) >= 11 is 6.26. The van der Waals surface area contributed by atoms with Gasteiger partial charge in [0.25, 0.3) is 0 Å². The quantitative estimate of drug-likeness (QED) is 0.731. The van der Waals surface area contributed by atoms with Gasteiger partial charge < -0.3 is 19.7 Å². The van der Waals surface area contributed by atoms with Crippen LogP contribution < -0.4 is 14.8 Å². The molecule has 162 valence electrons. The van der Waals surface area contributed by atoms with Crippen molar-refractivity contribution in [3.63, 3.8) is 0 Å². The number of nitrogens with zero attached hydrogens (tertiary/aromatic N) is 2. The molecule has 1 fully saturated rings. The van der Waals surface area contributed by atoms with Crippen molar-refractivity contribution in [2.75, 3.05) is 31.6 Å². The summed E-state index contributed by atoms with van der Waals surface area (Å²) in [6, 6.07) is 7.26. The first kappa shape index (κ1) is 21.2. The van der Waals surface area contributed by atoms with Crippen molar-refractivity contribution in [1.82, 2.24) is 9.88 Å². The zero-order chi connectivity index (χ0) is 21.8. The fourth-order valence-corrected chi connectivity index (χ4v) is 4.00. The molecule has 1 atom stereocenters. The third-order valence-corrected chi connectivity index (χ3v) is 5.67. The number of fused-ring (bicyclic) bond motifs is 1. The van der Waals surface area contributed by atoms with E-state index in [9.17, 15) is 9.59 Å². The highest BCUT2D eigenvalue weighted by molar-refractivity contribution is 6.32. The number of ether oxygens (including phenoxy) is 2. The first-order valence-corrected chi connectivity index (χ1v) is 10.7. The van der Waals surface area contributed by atoms with Crippen LogP contribution >= 0.6 is 11.6 Å². The van der Waals surface area contributed by atoms with Crippen molar-refractivity contribution in [3.8, 4) is 11.5 Å². The molecule has 0 radical (unpaired) electrons. The molecule has 1 unspecified atom stereocenters. The Balaban J connectivity index is 1.39. The number of amides is 2. The van der Waals surface area contributed by atoms with E-state index in [1.807, 2.05) is 19.1 Å². The number of benzene rings is 1. The Morgan fingerprint density at radius 2 is 2.13 bits per heavy atom. The fourth-order valence-electron chi connectivity index (χ4n) is 3.73. The van der Waals surface area contributed by atoms with E-state index in [2.05, 4.69) is 10.3 Å². The lowest BCUT2D eigenvalue weighted by Gasteiger charge is -2.31. The molecule has 3 heterocycles. The zero-order valence-corrected chi connectivity index (χ0v) is 18.0. The van der Waals surface area contributed by atoms with E-state index in [1.165, 1.54) is 6.08 Å². The Bertz CT molecular complexity index is 1020. The van der Waals surface area contributed by atoms with Crippen LogP contribution in [0, 0.1) is 12.8 Å². The highest BCUT2D eigenvalue weighted by Crippen LogP contribution is 2.38. The topological polar surface area (TPSA) is 80.8 Å². The van der Waals surface area contributed by atoms with Crippen molar-refractivity contribution in [2.24, 2.45) is 5.92 Å². The Morgan fingerprint density at radius 3 is 2.97 bits per heavy atom. The lowest BCUT2D eigenvalue weighted by atomic mass is 9.97. The number of anilines is 1. The molecule has 2 aromatic rings. The number of piperidine rings is 1. The van der Waals surface area contributed by atoms with Gasteiger partial charge in [-0.3, -0.25) is 9.59 Å². The third-order valence-electron chi connectivity index (χ3n) is 5.39. The molecular weight excluding hydrogens is 418 g/mol. The van der Waals surface area contributed by atoms with E-state index in [1.54, 1.807) is 29.3 Å². The minimum Gasteiger partial charge on any atom is -0.486 e. The number of aryl methyl sites for hydroxylation is 1. The second kappa shape index (κ2) is 9.39. The number of hydrogen-bond donors (Lipinski definition) is 1. The average molecular weight is 442 g/mol. The molecule has 7 nitrogen and oxygen atoms in total. The summed E-state index contributed by atoms with van der Waals surface area (Å²) in [6.45, 7) is 3.82. The van der Waals surface area contributed by atoms with Gasteiger partial charge >= 0.3 is 0 Å². The maximum Gasteiger partial charge on any atom is 0.246 e. The maximum atomic E-state index is 12.7. The SMILES string of the molecule is Cc1cccnc1NC(=O)C1CCCN(C(=O)C=Cc2cc(Cl)c3c(c2)OCCO3)C1. The number of nitrogens with one attached hydrogen (secondary N) is 1. The second-order valence-electron chi connectivity index (χ2n) is 7.64. The number of aromatic nitrogens is 1. The van der Waals surface area contributed by atoms with Gasteiger partial charge in [-0.15, -0.1) is 0 Å². The van der Waals surface area contributed by atoms with Gasteiger partial charge in [-0.2, -0.15) is 0 Å². The van der Waals surface area contributed by atoms with Crippen molar-refractivity contribution in [3.05, 3.63) is 52.7 Å². The van der Waals surface area contributed by atoms with Gasteiger partial charge in [0.05, 0.1) is 10.9 Å². The molecule has 2 aliphatic heterocycles. The van der Waals surface area contributed by atoms with Crippen LogP contribution in [0.2, 0.25) is 5.02 Å². The molecule has 0 saturated carbocycles. The molecule has 1 aromatic carbocycles. The Kier molecular flexibility index (Phi) is 6.42. The molecule has 4 rings (SSSR count). The standard InChI is InChI=1S/C23H24ClN3O4/c1-15-4-2-8-25-22(15)26-23(29)17-5-3-9-27(14-17)20(28)7-6-16-12-18(24)21-19(13-16)30-10-11-31-21/h2,4,6-8,12-13,17H,3,5,9-11,14H2,1H3,(H,25,26,29). The minimum atomic E-state index is -0.267. The van der Waals surface area contributed by atoms with Gasteiger partial charge in [-0.05, 0) is 55.2 Å². The average Bonchev–Trinajstić information content (AvgIpc) is 2.79. The van der Waals surface area contributed by atoms with Crippen LogP contribution in [0.5, 0.6) is 11.5 Å². The number of hydrogen-bond acceptors (Lipinski definition) is 5. The van der Waals surface area contributed by atoms with Crippen LogP contribution in [0.4, 0.5) is 5.82 Å². The van der Waals surface area contributed by atoms with E-state index in [0.717, 1.165) is 24.0 Å². The number of pyridine rings is 1. The summed E-state index contributed by atoms with van der Waals surface area (Å²) in [4.78, 5) is 31.3. The predicted molar refractivity (Wildman–Crippen MR) is 118 cm³/mol. The van der Waals surface area contributed by atoms with E-state index in [0.29, 0.717) is 48.6 Å². The monoisotopic (exact) mass is 441 g/mol. The molecule has 0 bridgehead atoms. The van der Waals surface area contributed by atoms with Gasteiger partial charge in [-0.25, -0.2) is 4.98 Å². The highest BCUT2D eigenvalue weighted by Gasteiger charge is 2.28. The third kappa shape index (κ3) is 4.99. The predicted octanol–water partition coefficient (Wildman–Crippen LogP) is 3.71. The molecule has 1 aromatic heterocycles. The molecule has 31 heavy (non-hydrogen) atoms. The van der Waals surface area contributed by atoms with Crippen LogP contribution in [-0.4, -0.2) is 48.0 Å². The van der Waals surface area contributed by atoms with Crippen molar-refractivity contribution in [1.29, 1.82) is 0 Å². The summed E-state index contributed by atoms with van der Waals surface area (Å²) in [5.41, 5.74) is 1.65. The Labute approximate surface area is 186 Å². The largest absolute Gasteiger partial charge is 0.486 e. The van der Waals surface area contributed by atoms with E-state index < -0.39 is 0 Å². The minimum absolute atomic E-state index is 0.109. The maximum absolute atomic E-state index is 12.7. The normalized spacial score (nSPS) is 18.1. The van der Waals surface area contributed by atoms with Crippen molar-refractivity contribution >= 4 is 35.3 Å². The molecule has 0 spiro atoms. The zero-order valence-electron chi connectivity index (χ0n) is 17.3. The van der Waals surface area contributed by atoms with Crippen LogP contribution in [0.15, 0.2) is 36.5 Å². The van der Waals surface area contributed by atoms with Crippen LogP contribution in [-0.2, 0) is 9.59 Å². The van der Waals surface area contributed by atoms with Gasteiger partial charge in [-0.1, -0.05) is 17.7 Å². The lowest BCUT2D eigenvalue weighted by molar-refractivity contribution is -0.130. The van der Waals surface area contributed by atoms with Crippen molar-refractivity contribution < 1.29 is 19.1 Å². The molecule has 1 saturated heterocycles. The first-order chi connectivity index (χ1) is 15.0. The molecule has 2 amide bonds.